The lowest BCUT2D eigenvalue weighted by atomic mass is 10.6. The van der Waals surface area contributed by atoms with Gasteiger partial charge in [-0.15, -0.1) is 0 Å². The Kier molecular flexibility index (Phi) is 11.2. The monoisotopic (exact) mass is 369 g/mol. The Hall–Kier alpha value is -0.250. The summed E-state index contributed by atoms with van der Waals surface area (Å²) in [6, 6.07) is 0. The first-order chi connectivity index (χ1) is 9.94. The third kappa shape index (κ3) is 7.03. The third-order valence-electron chi connectivity index (χ3n) is 2.69. The van der Waals surface area contributed by atoms with Crippen LogP contribution in [0.1, 0.15) is 27.7 Å². The molecule has 0 atom stereocenters. The molecule has 0 heterocycles. The molecule has 122 valence electrons. The van der Waals surface area contributed by atoms with Crippen LogP contribution in [0.2, 0.25) is 0 Å². The molecule has 0 aromatic rings. The zero-order valence-corrected chi connectivity index (χ0v) is 16.4. The second-order valence-corrected chi connectivity index (χ2v) is 7.18. The van der Waals surface area contributed by atoms with Gasteiger partial charge >= 0.3 is 6.09 Å². The molecule has 0 aromatic carbocycles. The molecule has 0 bridgehead atoms. The van der Waals surface area contributed by atoms with Crippen LogP contribution in [0.4, 0.5) is 4.79 Å². The molecule has 0 saturated heterocycles. The Balaban J connectivity index is 4.85. The van der Waals surface area contributed by atoms with Gasteiger partial charge in [0.2, 0.25) is 0 Å². The Morgan fingerprint density at radius 3 is 1.48 bits per heavy atom. The van der Waals surface area contributed by atoms with Crippen molar-refractivity contribution in [3.63, 3.8) is 0 Å². The molecule has 1 amide bonds. The van der Waals surface area contributed by atoms with Crippen molar-refractivity contribution in [1.29, 1.82) is 0 Å². The zero-order chi connectivity index (χ0) is 16.4. The van der Waals surface area contributed by atoms with E-state index in [-0.39, 0.29) is 0 Å². The molecule has 0 aliphatic heterocycles. The summed E-state index contributed by atoms with van der Waals surface area (Å²) in [7, 11) is 1.34. The lowest BCUT2D eigenvalue weighted by Crippen LogP contribution is -2.33. The summed E-state index contributed by atoms with van der Waals surface area (Å²) < 4.78 is 7.44. The molecule has 9 heteroatoms. The molecule has 0 spiro atoms. The van der Waals surface area contributed by atoms with Crippen molar-refractivity contribution in [3.8, 4) is 0 Å². The molecular weight excluding hydrogens is 346 g/mol. The van der Waals surface area contributed by atoms with Gasteiger partial charge in [-0.25, -0.2) is 4.79 Å². The molecule has 0 aliphatic carbocycles. The van der Waals surface area contributed by atoms with E-state index in [2.05, 4.69) is 0 Å². The van der Waals surface area contributed by atoms with E-state index in [1.54, 1.807) is 0 Å². The van der Waals surface area contributed by atoms with Gasteiger partial charge in [0.1, 0.15) is 0 Å². The fraction of sp³-hybridized carbons (Fsp3) is 0.750. The smallest absolute Gasteiger partial charge is 0.430 e. The second kappa shape index (κ2) is 11.3. The number of thiocarbonyl (C=S) groups is 2. The number of nitrogens with zero attached hydrogens (tertiary/aromatic N) is 3. The molecule has 0 saturated carbocycles. The summed E-state index contributed by atoms with van der Waals surface area (Å²) >= 11 is 13.1. The van der Waals surface area contributed by atoms with Gasteiger partial charge in [0, 0.05) is 50.1 Å². The maximum Gasteiger partial charge on any atom is 0.430 e. The largest absolute Gasteiger partial charge is 0.451 e. The van der Waals surface area contributed by atoms with Crippen LogP contribution in [-0.4, -0.2) is 61.5 Å². The third-order valence-corrected chi connectivity index (χ3v) is 5.56. The van der Waals surface area contributed by atoms with Crippen molar-refractivity contribution in [1.82, 2.24) is 13.5 Å². The van der Waals surface area contributed by atoms with Crippen molar-refractivity contribution in [3.05, 3.63) is 0 Å². The second-order valence-electron chi connectivity index (χ2n) is 3.79. The van der Waals surface area contributed by atoms with Crippen LogP contribution in [0.25, 0.3) is 0 Å². The van der Waals surface area contributed by atoms with E-state index in [0.717, 1.165) is 26.2 Å². The van der Waals surface area contributed by atoms with Crippen LogP contribution in [0.5, 0.6) is 0 Å². The molecular formula is C12H23N3O2S4. The highest BCUT2D eigenvalue weighted by atomic mass is 32.2. The Morgan fingerprint density at radius 1 is 0.905 bits per heavy atom. The van der Waals surface area contributed by atoms with Crippen molar-refractivity contribution in [2.45, 2.75) is 27.7 Å². The minimum absolute atomic E-state index is 0.478. The Bertz CT molecular complexity index is 334. The fourth-order valence-electron chi connectivity index (χ4n) is 1.39. The Morgan fingerprint density at radius 2 is 1.24 bits per heavy atom. The fourth-order valence-corrected chi connectivity index (χ4v) is 4.54. The summed E-state index contributed by atoms with van der Waals surface area (Å²) in [5, 5.41) is 0. The lowest BCUT2D eigenvalue weighted by molar-refractivity contribution is 0.167. The van der Waals surface area contributed by atoms with Crippen LogP contribution in [0.15, 0.2) is 0 Å². The topological polar surface area (TPSA) is 36.0 Å². The summed E-state index contributed by atoms with van der Waals surface area (Å²) in [5.41, 5.74) is 0. The maximum atomic E-state index is 11.9. The summed E-state index contributed by atoms with van der Waals surface area (Å²) in [4.78, 5) is 15.9. The van der Waals surface area contributed by atoms with E-state index in [0.29, 0.717) is 8.64 Å². The van der Waals surface area contributed by atoms with E-state index in [9.17, 15) is 4.79 Å². The first kappa shape index (κ1) is 20.8. The molecule has 0 unspecified atom stereocenters. The highest BCUT2D eigenvalue weighted by molar-refractivity contribution is 8.33. The van der Waals surface area contributed by atoms with Gasteiger partial charge in [0.15, 0.2) is 8.64 Å². The first-order valence-corrected chi connectivity index (χ1v) is 9.13. The average molecular weight is 370 g/mol. The minimum atomic E-state index is -0.478. The van der Waals surface area contributed by atoms with Gasteiger partial charge in [-0.2, -0.15) is 3.71 Å². The predicted octanol–water partition coefficient (Wildman–Crippen LogP) is 3.60. The molecule has 0 rings (SSSR count). The van der Waals surface area contributed by atoms with Gasteiger partial charge in [0.25, 0.3) is 0 Å². The van der Waals surface area contributed by atoms with Gasteiger partial charge < -0.3 is 14.5 Å². The lowest BCUT2D eigenvalue weighted by Gasteiger charge is -2.27. The van der Waals surface area contributed by atoms with Gasteiger partial charge in [0.05, 0.1) is 7.11 Å². The molecule has 0 radical (unpaired) electrons. The van der Waals surface area contributed by atoms with Crippen molar-refractivity contribution < 1.29 is 9.53 Å². The average Bonchev–Trinajstić information content (AvgIpc) is 2.48. The van der Waals surface area contributed by atoms with Crippen molar-refractivity contribution >= 4 is 63.1 Å². The normalized spacial score (nSPS) is 9.95. The number of carbonyl (C=O) groups is 1. The van der Waals surface area contributed by atoms with Crippen LogP contribution < -0.4 is 0 Å². The number of rotatable bonds is 4. The molecule has 0 aromatic heterocycles. The highest BCUT2D eigenvalue weighted by Gasteiger charge is 2.23. The number of methoxy groups -OCH3 is 1. The molecule has 5 nitrogen and oxygen atoms in total. The maximum absolute atomic E-state index is 11.9. The van der Waals surface area contributed by atoms with Crippen LogP contribution in [0, 0.1) is 0 Å². The first-order valence-electron chi connectivity index (χ1n) is 6.76. The van der Waals surface area contributed by atoms with Crippen LogP contribution in [-0.2, 0) is 4.74 Å². The molecule has 0 aliphatic rings. The quantitative estimate of drug-likeness (QED) is 0.549. The van der Waals surface area contributed by atoms with Crippen molar-refractivity contribution in [2.75, 3.05) is 33.3 Å². The number of hydrogen-bond donors (Lipinski definition) is 0. The number of carbonyl (C=O) groups excluding carboxylic acids is 1. The number of hydrogen-bond acceptors (Lipinski definition) is 6. The number of ether oxygens (including phenoxy) is 1. The SMILES string of the molecule is CCN(CC)C(=S)SN(SC(=S)N(CC)CC)C(=O)OC. The van der Waals surface area contributed by atoms with E-state index < -0.39 is 6.09 Å². The minimum Gasteiger partial charge on any atom is -0.451 e. The molecule has 0 fully saturated rings. The molecule has 21 heavy (non-hydrogen) atoms. The summed E-state index contributed by atoms with van der Waals surface area (Å²) in [6.07, 6.45) is -0.478. The predicted molar refractivity (Wildman–Crippen MR) is 100 cm³/mol. The van der Waals surface area contributed by atoms with Crippen LogP contribution >= 0.6 is 48.3 Å². The van der Waals surface area contributed by atoms with E-state index in [1.165, 1.54) is 34.7 Å². The van der Waals surface area contributed by atoms with Crippen molar-refractivity contribution in [2.24, 2.45) is 0 Å². The summed E-state index contributed by atoms with van der Waals surface area (Å²) in [5.74, 6) is 0. The van der Waals surface area contributed by atoms with Gasteiger partial charge in [-0.1, -0.05) is 24.4 Å². The summed E-state index contributed by atoms with van der Waals surface area (Å²) in [6.45, 7) is 11.3. The molecule has 0 N–H and O–H groups in total. The van der Waals surface area contributed by atoms with E-state index in [1.807, 2.05) is 37.5 Å². The Labute approximate surface area is 147 Å². The van der Waals surface area contributed by atoms with Crippen LogP contribution in [0.3, 0.4) is 0 Å². The number of amides is 1. The highest BCUT2D eigenvalue weighted by Crippen LogP contribution is 2.28. The van der Waals surface area contributed by atoms with E-state index >= 15 is 0 Å². The zero-order valence-electron chi connectivity index (χ0n) is 13.1. The van der Waals surface area contributed by atoms with Gasteiger partial charge in [-0.3, -0.25) is 0 Å². The standard InChI is InChI=1S/C12H23N3O2S4/c1-6-13(7-2)11(18)20-15(10(16)17-5)21-12(19)14(8-3)9-4/h6-9H2,1-5H3. The van der Waals surface area contributed by atoms with E-state index in [4.69, 9.17) is 29.2 Å². The van der Waals surface area contributed by atoms with Gasteiger partial charge in [-0.05, 0) is 27.7 Å².